The summed E-state index contributed by atoms with van der Waals surface area (Å²) in [6.45, 7) is 3.43. The number of aryl methyl sites for hydroxylation is 1. The Bertz CT molecular complexity index is 812. The minimum Gasteiger partial charge on any atom is -0.478 e. The molecule has 0 aliphatic rings. The van der Waals surface area contributed by atoms with Crippen molar-refractivity contribution in [2.75, 3.05) is 0 Å². The van der Waals surface area contributed by atoms with E-state index < -0.39 is 15.8 Å². The van der Waals surface area contributed by atoms with E-state index >= 15 is 0 Å². The largest absolute Gasteiger partial charge is 0.478 e. The molecule has 0 saturated carbocycles. The highest BCUT2D eigenvalue weighted by Crippen LogP contribution is 2.28. The summed E-state index contributed by atoms with van der Waals surface area (Å²) in [6, 6.07) is 2.58. The Morgan fingerprint density at radius 3 is 2.57 bits per heavy atom. The molecular weight excluding hydrogens is 378 g/mol. The minimum absolute atomic E-state index is 0.0138. The van der Waals surface area contributed by atoms with Crippen LogP contribution in [0.4, 0.5) is 0 Å². The van der Waals surface area contributed by atoms with Gasteiger partial charge in [0.25, 0.3) is 0 Å². The molecule has 8 heteroatoms. The second kappa shape index (κ2) is 5.86. The summed E-state index contributed by atoms with van der Waals surface area (Å²) < 4.78 is 25.5. The number of sulfone groups is 1. The maximum Gasteiger partial charge on any atom is 0.335 e. The van der Waals surface area contributed by atoms with Crippen LogP contribution in [0.3, 0.4) is 0 Å². The van der Waals surface area contributed by atoms with E-state index in [1.165, 1.54) is 23.5 Å². The van der Waals surface area contributed by atoms with Crippen molar-refractivity contribution in [1.82, 2.24) is 4.98 Å². The summed E-state index contributed by atoms with van der Waals surface area (Å²) in [5.74, 6) is -1.41. The standard InChI is InChI=1S/C13H12BrNO4S2/c1-7-11(14)3-9(13(16)17)4-12(7)21(18,19)6-10-5-20-8(2)15-10/h3-5H,6H2,1-2H3,(H,16,17). The molecule has 0 unspecified atom stereocenters. The Labute approximate surface area is 134 Å². The van der Waals surface area contributed by atoms with Gasteiger partial charge in [-0.25, -0.2) is 18.2 Å². The van der Waals surface area contributed by atoms with Crippen LogP contribution in [0.5, 0.6) is 0 Å². The molecule has 0 amide bonds. The molecule has 1 heterocycles. The Morgan fingerprint density at radius 2 is 2.05 bits per heavy atom. The predicted octanol–water partition coefficient (Wildman–Crippen LogP) is 3.19. The number of carbonyl (C=O) groups is 1. The van der Waals surface area contributed by atoms with E-state index in [2.05, 4.69) is 20.9 Å². The average molecular weight is 390 g/mol. The molecule has 21 heavy (non-hydrogen) atoms. The number of hydrogen-bond acceptors (Lipinski definition) is 5. The van der Waals surface area contributed by atoms with Gasteiger partial charge in [-0.15, -0.1) is 11.3 Å². The smallest absolute Gasteiger partial charge is 0.335 e. The van der Waals surface area contributed by atoms with Gasteiger partial charge in [-0.3, -0.25) is 0 Å². The lowest BCUT2D eigenvalue weighted by Gasteiger charge is -2.10. The molecule has 1 N–H and O–H groups in total. The Morgan fingerprint density at radius 1 is 1.38 bits per heavy atom. The number of thiazole rings is 1. The van der Waals surface area contributed by atoms with Crippen LogP contribution in [0.25, 0.3) is 0 Å². The zero-order valence-corrected chi connectivity index (χ0v) is 14.5. The number of nitrogens with zero attached hydrogens (tertiary/aromatic N) is 1. The normalized spacial score (nSPS) is 11.6. The van der Waals surface area contributed by atoms with E-state index in [1.54, 1.807) is 19.2 Å². The molecule has 0 aliphatic heterocycles. The van der Waals surface area contributed by atoms with Gasteiger partial charge in [0.2, 0.25) is 0 Å². The third-order valence-corrected chi connectivity index (χ3v) is 6.30. The number of hydrogen-bond donors (Lipinski definition) is 1. The van der Waals surface area contributed by atoms with E-state index in [-0.39, 0.29) is 16.2 Å². The van der Waals surface area contributed by atoms with Crippen molar-refractivity contribution in [3.8, 4) is 0 Å². The van der Waals surface area contributed by atoms with Gasteiger partial charge in [-0.05, 0) is 31.5 Å². The first kappa shape index (κ1) is 16.1. The lowest BCUT2D eigenvalue weighted by atomic mass is 10.1. The van der Waals surface area contributed by atoms with E-state index in [0.717, 1.165) is 5.01 Å². The molecule has 5 nitrogen and oxygen atoms in total. The quantitative estimate of drug-likeness (QED) is 0.867. The summed E-state index contributed by atoms with van der Waals surface area (Å²) in [6.07, 6.45) is 0. The maximum atomic E-state index is 12.5. The van der Waals surface area contributed by atoms with Crippen molar-refractivity contribution in [2.24, 2.45) is 0 Å². The second-order valence-corrected chi connectivity index (χ2v) is 8.38. The number of carboxylic acids is 1. The van der Waals surface area contributed by atoms with Gasteiger partial charge in [0, 0.05) is 9.85 Å². The fourth-order valence-corrected chi connectivity index (χ4v) is 4.73. The number of aromatic nitrogens is 1. The SMILES string of the molecule is Cc1nc(CS(=O)(=O)c2cc(C(=O)O)cc(Br)c2C)cs1. The van der Waals surface area contributed by atoms with Crippen molar-refractivity contribution < 1.29 is 18.3 Å². The number of rotatable bonds is 4. The van der Waals surface area contributed by atoms with Crippen molar-refractivity contribution >= 4 is 43.1 Å². The number of halogens is 1. The molecular formula is C13H12BrNO4S2. The monoisotopic (exact) mass is 389 g/mol. The van der Waals surface area contributed by atoms with Crippen molar-refractivity contribution in [2.45, 2.75) is 24.5 Å². The third-order valence-electron chi connectivity index (χ3n) is 2.88. The Kier molecular flexibility index (Phi) is 4.50. The van der Waals surface area contributed by atoms with Crippen LogP contribution in [0, 0.1) is 13.8 Å². The fraction of sp³-hybridized carbons (Fsp3) is 0.231. The van der Waals surface area contributed by atoms with Crippen LogP contribution in [-0.2, 0) is 15.6 Å². The molecule has 0 aliphatic carbocycles. The van der Waals surface area contributed by atoms with Gasteiger partial charge in [0.05, 0.1) is 26.9 Å². The molecule has 0 bridgehead atoms. The van der Waals surface area contributed by atoms with Crippen LogP contribution in [-0.4, -0.2) is 24.5 Å². The molecule has 0 spiro atoms. The summed E-state index contributed by atoms with van der Waals surface area (Å²) in [7, 11) is -3.66. The molecule has 0 radical (unpaired) electrons. The number of benzene rings is 1. The predicted molar refractivity (Wildman–Crippen MR) is 83.6 cm³/mol. The lowest BCUT2D eigenvalue weighted by Crippen LogP contribution is -2.09. The molecule has 1 aromatic carbocycles. The highest BCUT2D eigenvalue weighted by molar-refractivity contribution is 9.10. The van der Waals surface area contributed by atoms with E-state index in [9.17, 15) is 13.2 Å². The zero-order chi connectivity index (χ0) is 15.8. The van der Waals surface area contributed by atoms with Gasteiger partial charge in [0.1, 0.15) is 0 Å². The van der Waals surface area contributed by atoms with E-state index in [4.69, 9.17) is 5.11 Å². The van der Waals surface area contributed by atoms with Crippen LogP contribution >= 0.6 is 27.3 Å². The molecule has 1 aromatic heterocycles. The molecule has 2 aromatic rings. The Balaban J connectivity index is 2.51. The van der Waals surface area contributed by atoms with Crippen LogP contribution < -0.4 is 0 Å². The lowest BCUT2D eigenvalue weighted by molar-refractivity contribution is 0.0696. The second-order valence-electron chi connectivity index (χ2n) is 4.50. The van der Waals surface area contributed by atoms with Gasteiger partial charge < -0.3 is 5.11 Å². The first-order valence-corrected chi connectivity index (χ1v) is 9.20. The van der Waals surface area contributed by atoms with Crippen molar-refractivity contribution in [1.29, 1.82) is 0 Å². The summed E-state index contributed by atoms with van der Waals surface area (Å²) in [5.41, 5.74) is 0.890. The fourth-order valence-electron chi connectivity index (χ4n) is 1.85. The Hall–Kier alpha value is -1.25. The van der Waals surface area contributed by atoms with Gasteiger partial charge in [0.15, 0.2) is 9.84 Å². The van der Waals surface area contributed by atoms with Crippen molar-refractivity contribution in [3.63, 3.8) is 0 Å². The first-order chi connectivity index (χ1) is 9.70. The van der Waals surface area contributed by atoms with Crippen LogP contribution in [0.2, 0.25) is 0 Å². The molecule has 0 atom stereocenters. The van der Waals surface area contributed by atoms with Crippen LogP contribution in [0.1, 0.15) is 26.6 Å². The topological polar surface area (TPSA) is 84.3 Å². The van der Waals surface area contributed by atoms with Crippen molar-refractivity contribution in [3.05, 3.63) is 43.8 Å². The third kappa shape index (κ3) is 3.50. The van der Waals surface area contributed by atoms with Gasteiger partial charge in [-0.2, -0.15) is 0 Å². The molecule has 112 valence electrons. The number of aromatic carboxylic acids is 1. The van der Waals surface area contributed by atoms with Gasteiger partial charge in [-0.1, -0.05) is 15.9 Å². The molecule has 0 fully saturated rings. The maximum absolute atomic E-state index is 12.5. The van der Waals surface area contributed by atoms with E-state index in [0.29, 0.717) is 15.7 Å². The van der Waals surface area contributed by atoms with Gasteiger partial charge >= 0.3 is 5.97 Å². The molecule has 2 rings (SSSR count). The average Bonchev–Trinajstić information content (AvgIpc) is 2.76. The van der Waals surface area contributed by atoms with Crippen LogP contribution in [0.15, 0.2) is 26.9 Å². The summed E-state index contributed by atoms with van der Waals surface area (Å²) in [5, 5.41) is 11.5. The first-order valence-electron chi connectivity index (χ1n) is 5.88. The minimum atomic E-state index is -3.66. The highest BCUT2D eigenvalue weighted by Gasteiger charge is 2.22. The summed E-state index contributed by atoms with van der Waals surface area (Å²) >= 11 is 4.58. The highest BCUT2D eigenvalue weighted by atomic mass is 79.9. The number of carboxylic acid groups (broad SMARTS) is 1. The summed E-state index contributed by atoms with van der Waals surface area (Å²) in [4.78, 5) is 15.2. The van der Waals surface area contributed by atoms with E-state index in [1.807, 2.05) is 0 Å². The molecule has 0 saturated heterocycles. The zero-order valence-electron chi connectivity index (χ0n) is 11.3.